The molecule has 0 amide bonds. The van der Waals surface area contributed by atoms with Crippen LogP contribution in [0.4, 0.5) is 0 Å². The van der Waals surface area contributed by atoms with E-state index in [4.69, 9.17) is 9.97 Å². The number of hydrogen-bond donors (Lipinski definition) is 0. The lowest BCUT2D eigenvalue weighted by Gasteiger charge is -2.28. The third-order valence-electron chi connectivity index (χ3n) is 3.82. The molecule has 1 aliphatic rings. The Balaban J connectivity index is 2.62. The monoisotopic (exact) mass is 246 g/mol. The maximum Gasteiger partial charge on any atom is 0.134 e. The van der Waals surface area contributed by atoms with Gasteiger partial charge in [0.25, 0.3) is 0 Å². The quantitative estimate of drug-likeness (QED) is 0.736. The molecule has 0 bridgehead atoms. The Morgan fingerprint density at radius 1 is 1.17 bits per heavy atom. The van der Waals surface area contributed by atoms with Gasteiger partial charge in [0.15, 0.2) is 0 Å². The zero-order valence-electron chi connectivity index (χ0n) is 12.7. The van der Waals surface area contributed by atoms with Crippen molar-refractivity contribution in [3.8, 4) is 0 Å². The van der Waals surface area contributed by atoms with Gasteiger partial charge in [0.05, 0.1) is 11.4 Å². The van der Waals surface area contributed by atoms with Gasteiger partial charge in [-0.3, -0.25) is 0 Å². The van der Waals surface area contributed by atoms with E-state index in [1.54, 1.807) is 0 Å². The molecule has 1 aliphatic carbocycles. The first-order valence-electron chi connectivity index (χ1n) is 7.22. The summed E-state index contributed by atoms with van der Waals surface area (Å²) in [7, 11) is 0. The Morgan fingerprint density at radius 2 is 1.83 bits per heavy atom. The Bertz CT molecular complexity index is 424. The van der Waals surface area contributed by atoms with Gasteiger partial charge < -0.3 is 0 Å². The summed E-state index contributed by atoms with van der Waals surface area (Å²) in [5.41, 5.74) is 4.09. The lowest BCUT2D eigenvalue weighted by molar-refractivity contribution is 0.503. The highest BCUT2D eigenvalue weighted by molar-refractivity contribution is 5.33. The summed E-state index contributed by atoms with van der Waals surface area (Å²) in [6, 6.07) is 0. The lowest BCUT2D eigenvalue weighted by Crippen LogP contribution is -2.23. The SMILES string of the molecule is CC(C)c1nc(C(C)(C)C)nc2c1CCCC2C. The molecule has 0 fully saturated rings. The lowest BCUT2D eigenvalue weighted by atomic mass is 9.84. The standard InChI is InChI=1S/C16H26N2/c1-10(2)13-12-9-7-8-11(3)14(12)18-15(17-13)16(4,5)6/h10-11H,7-9H2,1-6H3. The third-order valence-corrected chi connectivity index (χ3v) is 3.82. The molecule has 0 saturated carbocycles. The minimum absolute atomic E-state index is 0.0375. The van der Waals surface area contributed by atoms with Gasteiger partial charge in [-0.2, -0.15) is 0 Å². The van der Waals surface area contributed by atoms with E-state index >= 15 is 0 Å². The Morgan fingerprint density at radius 3 is 2.39 bits per heavy atom. The highest BCUT2D eigenvalue weighted by atomic mass is 14.9. The second-order valence-electron chi connectivity index (χ2n) is 6.99. The van der Waals surface area contributed by atoms with Gasteiger partial charge in [0, 0.05) is 5.41 Å². The minimum atomic E-state index is 0.0375. The molecule has 2 nitrogen and oxygen atoms in total. The van der Waals surface area contributed by atoms with Crippen molar-refractivity contribution < 1.29 is 0 Å². The molecule has 2 rings (SSSR count). The van der Waals surface area contributed by atoms with Crippen LogP contribution >= 0.6 is 0 Å². The molecule has 100 valence electrons. The molecule has 0 aromatic carbocycles. The fourth-order valence-corrected chi connectivity index (χ4v) is 2.72. The predicted molar refractivity (Wildman–Crippen MR) is 76.2 cm³/mol. The number of rotatable bonds is 1. The largest absolute Gasteiger partial charge is 0.237 e. The van der Waals surface area contributed by atoms with Crippen molar-refractivity contribution in [2.45, 2.75) is 78.1 Å². The summed E-state index contributed by atoms with van der Waals surface area (Å²) in [4.78, 5) is 9.78. The number of fused-ring (bicyclic) bond motifs is 1. The van der Waals surface area contributed by atoms with Crippen molar-refractivity contribution in [1.82, 2.24) is 9.97 Å². The molecule has 0 spiro atoms. The fourth-order valence-electron chi connectivity index (χ4n) is 2.72. The Kier molecular flexibility index (Phi) is 3.48. The Hall–Kier alpha value is -0.920. The molecule has 1 aromatic rings. The van der Waals surface area contributed by atoms with E-state index in [-0.39, 0.29) is 5.41 Å². The fraction of sp³-hybridized carbons (Fsp3) is 0.750. The van der Waals surface area contributed by atoms with Crippen LogP contribution in [0.25, 0.3) is 0 Å². The summed E-state index contributed by atoms with van der Waals surface area (Å²) in [6.07, 6.45) is 3.72. The van der Waals surface area contributed by atoms with Crippen molar-refractivity contribution in [3.63, 3.8) is 0 Å². The number of aromatic nitrogens is 2. The van der Waals surface area contributed by atoms with Crippen LogP contribution in [0.15, 0.2) is 0 Å². The minimum Gasteiger partial charge on any atom is -0.237 e. The van der Waals surface area contributed by atoms with Crippen LogP contribution in [0.1, 0.15) is 89.0 Å². The zero-order chi connectivity index (χ0) is 13.5. The first-order valence-corrected chi connectivity index (χ1v) is 7.22. The summed E-state index contributed by atoms with van der Waals surface area (Å²) < 4.78 is 0. The van der Waals surface area contributed by atoms with Crippen molar-refractivity contribution in [2.24, 2.45) is 0 Å². The van der Waals surface area contributed by atoms with E-state index in [2.05, 4.69) is 41.5 Å². The van der Waals surface area contributed by atoms with E-state index < -0.39 is 0 Å². The average Bonchev–Trinajstić information content (AvgIpc) is 2.27. The first kappa shape index (κ1) is 13.5. The van der Waals surface area contributed by atoms with Crippen LogP contribution < -0.4 is 0 Å². The van der Waals surface area contributed by atoms with Gasteiger partial charge in [-0.25, -0.2) is 9.97 Å². The number of hydrogen-bond acceptors (Lipinski definition) is 2. The smallest absolute Gasteiger partial charge is 0.134 e. The zero-order valence-corrected chi connectivity index (χ0v) is 12.7. The highest BCUT2D eigenvalue weighted by Crippen LogP contribution is 2.35. The van der Waals surface area contributed by atoms with Gasteiger partial charge in [-0.05, 0) is 36.7 Å². The molecular weight excluding hydrogens is 220 g/mol. The maximum absolute atomic E-state index is 4.90. The molecule has 0 saturated heterocycles. The molecule has 1 aromatic heterocycles. The molecule has 0 aliphatic heterocycles. The van der Waals surface area contributed by atoms with Crippen molar-refractivity contribution in [1.29, 1.82) is 0 Å². The van der Waals surface area contributed by atoms with Gasteiger partial charge in [0.2, 0.25) is 0 Å². The normalized spacial score (nSPS) is 20.1. The number of nitrogens with zero attached hydrogens (tertiary/aromatic N) is 2. The molecule has 0 N–H and O–H groups in total. The van der Waals surface area contributed by atoms with Crippen molar-refractivity contribution in [3.05, 3.63) is 22.8 Å². The van der Waals surface area contributed by atoms with Crippen molar-refractivity contribution in [2.75, 3.05) is 0 Å². The van der Waals surface area contributed by atoms with Crippen LogP contribution in [0.5, 0.6) is 0 Å². The topological polar surface area (TPSA) is 25.8 Å². The molecule has 1 heterocycles. The second kappa shape index (κ2) is 4.64. The third kappa shape index (κ3) is 2.43. The molecular formula is C16H26N2. The van der Waals surface area contributed by atoms with Gasteiger partial charge >= 0.3 is 0 Å². The molecule has 18 heavy (non-hydrogen) atoms. The highest BCUT2D eigenvalue weighted by Gasteiger charge is 2.27. The van der Waals surface area contributed by atoms with Crippen LogP contribution in [0.2, 0.25) is 0 Å². The van der Waals surface area contributed by atoms with Crippen LogP contribution in [-0.4, -0.2) is 9.97 Å². The van der Waals surface area contributed by atoms with Gasteiger partial charge in [-0.15, -0.1) is 0 Å². The van der Waals surface area contributed by atoms with E-state index in [0.717, 1.165) is 12.2 Å². The van der Waals surface area contributed by atoms with Gasteiger partial charge in [0.1, 0.15) is 5.82 Å². The van der Waals surface area contributed by atoms with Crippen LogP contribution in [0, 0.1) is 0 Å². The van der Waals surface area contributed by atoms with E-state index in [1.807, 2.05) is 0 Å². The van der Waals surface area contributed by atoms with E-state index in [0.29, 0.717) is 11.8 Å². The summed E-state index contributed by atoms with van der Waals surface area (Å²) in [5.74, 6) is 2.10. The molecule has 0 radical (unpaired) electrons. The summed E-state index contributed by atoms with van der Waals surface area (Å²) in [5, 5.41) is 0. The van der Waals surface area contributed by atoms with Crippen molar-refractivity contribution >= 4 is 0 Å². The first-order chi connectivity index (χ1) is 8.30. The summed E-state index contributed by atoms with van der Waals surface area (Å²) >= 11 is 0. The molecule has 1 unspecified atom stereocenters. The molecule has 1 atom stereocenters. The van der Waals surface area contributed by atoms with Gasteiger partial charge in [-0.1, -0.05) is 41.5 Å². The predicted octanol–water partition coefficient (Wildman–Crippen LogP) is 4.34. The summed E-state index contributed by atoms with van der Waals surface area (Å²) in [6.45, 7) is 13.4. The maximum atomic E-state index is 4.90. The van der Waals surface area contributed by atoms with E-state index in [9.17, 15) is 0 Å². The second-order valence-corrected chi connectivity index (χ2v) is 6.99. The average molecular weight is 246 g/mol. The molecule has 2 heteroatoms. The van der Waals surface area contributed by atoms with Crippen LogP contribution in [0.3, 0.4) is 0 Å². The van der Waals surface area contributed by atoms with Crippen LogP contribution in [-0.2, 0) is 11.8 Å². The Labute approximate surface area is 111 Å². The van der Waals surface area contributed by atoms with E-state index in [1.165, 1.54) is 29.8 Å².